The van der Waals surface area contributed by atoms with E-state index in [0.29, 0.717) is 12.8 Å². The first-order chi connectivity index (χ1) is 7.88. The second kappa shape index (κ2) is 5.48. The van der Waals surface area contributed by atoms with E-state index < -0.39 is 11.9 Å². The second-order valence-corrected chi connectivity index (χ2v) is 4.40. The number of anilines is 1. The molecular weight excluding hydrogens is 253 g/mol. The Morgan fingerprint density at radius 2 is 2.06 bits per heavy atom. The first-order valence-corrected chi connectivity index (χ1v) is 6.10. The van der Waals surface area contributed by atoms with E-state index in [-0.39, 0.29) is 17.0 Å². The maximum Gasteiger partial charge on any atom is 0.434 e. The fourth-order valence-electron chi connectivity index (χ4n) is 1.33. The summed E-state index contributed by atoms with van der Waals surface area (Å²) < 4.78 is 36.8. The zero-order chi connectivity index (χ0) is 13.1. The lowest BCUT2D eigenvalue weighted by Crippen LogP contribution is -2.21. The van der Waals surface area contributed by atoms with Crippen LogP contribution in [0.25, 0.3) is 0 Å². The Hall–Kier alpha value is -1.11. The van der Waals surface area contributed by atoms with Crippen LogP contribution in [0.2, 0.25) is 0 Å². The van der Waals surface area contributed by atoms with Crippen LogP contribution in [-0.2, 0) is 11.0 Å². The van der Waals surface area contributed by atoms with Gasteiger partial charge in [-0.1, -0.05) is 13.8 Å². The molecule has 1 amide bonds. The summed E-state index contributed by atoms with van der Waals surface area (Å²) in [7, 11) is 0. The molecule has 1 heterocycles. The largest absolute Gasteiger partial charge is 0.434 e. The number of aromatic nitrogens is 1. The Labute approximate surface area is 101 Å². The van der Waals surface area contributed by atoms with Crippen LogP contribution >= 0.6 is 11.3 Å². The van der Waals surface area contributed by atoms with Gasteiger partial charge in [0.25, 0.3) is 0 Å². The van der Waals surface area contributed by atoms with Crippen molar-refractivity contribution in [2.24, 2.45) is 5.92 Å². The lowest BCUT2D eigenvalue weighted by atomic mass is 10.0. The number of amides is 1. The van der Waals surface area contributed by atoms with E-state index in [2.05, 4.69) is 10.3 Å². The summed E-state index contributed by atoms with van der Waals surface area (Å²) >= 11 is 0.780. The van der Waals surface area contributed by atoms with Crippen LogP contribution in [0.4, 0.5) is 18.3 Å². The van der Waals surface area contributed by atoms with Gasteiger partial charge in [0.1, 0.15) is 0 Å². The molecule has 0 fully saturated rings. The molecule has 7 heteroatoms. The lowest BCUT2D eigenvalue weighted by molar-refractivity contribution is -0.140. The molecule has 0 radical (unpaired) electrons. The summed E-state index contributed by atoms with van der Waals surface area (Å²) in [5, 5.41) is 3.29. The highest BCUT2D eigenvalue weighted by Gasteiger charge is 2.34. The van der Waals surface area contributed by atoms with Crippen molar-refractivity contribution >= 4 is 22.4 Å². The maximum atomic E-state index is 12.3. The first-order valence-electron chi connectivity index (χ1n) is 5.22. The smallest absolute Gasteiger partial charge is 0.302 e. The van der Waals surface area contributed by atoms with Crippen LogP contribution in [0, 0.1) is 5.92 Å². The van der Waals surface area contributed by atoms with Gasteiger partial charge in [-0.2, -0.15) is 13.2 Å². The zero-order valence-electron chi connectivity index (χ0n) is 9.47. The van der Waals surface area contributed by atoms with Crippen LogP contribution in [0.1, 0.15) is 32.4 Å². The minimum atomic E-state index is -4.46. The molecule has 0 aliphatic carbocycles. The van der Waals surface area contributed by atoms with Gasteiger partial charge in [-0.3, -0.25) is 4.79 Å². The van der Waals surface area contributed by atoms with Gasteiger partial charge >= 0.3 is 6.18 Å². The van der Waals surface area contributed by atoms with Crippen LogP contribution in [0.3, 0.4) is 0 Å². The molecule has 1 aromatic rings. The molecule has 1 rings (SSSR count). The van der Waals surface area contributed by atoms with Crippen LogP contribution in [0.5, 0.6) is 0 Å². The van der Waals surface area contributed by atoms with Crippen molar-refractivity contribution in [3.8, 4) is 0 Å². The van der Waals surface area contributed by atoms with E-state index >= 15 is 0 Å². The van der Waals surface area contributed by atoms with E-state index in [1.165, 1.54) is 0 Å². The number of alkyl halides is 3. The van der Waals surface area contributed by atoms with Crippen LogP contribution in [0.15, 0.2) is 5.38 Å². The highest BCUT2D eigenvalue weighted by atomic mass is 32.1. The minimum Gasteiger partial charge on any atom is -0.302 e. The number of hydrogen-bond donors (Lipinski definition) is 1. The highest BCUT2D eigenvalue weighted by Crippen LogP contribution is 2.31. The summed E-state index contributed by atoms with van der Waals surface area (Å²) in [4.78, 5) is 14.9. The summed E-state index contributed by atoms with van der Waals surface area (Å²) in [6.07, 6.45) is -3.16. The SMILES string of the molecule is CCC(CC)C(=O)Nc1nc(C(F)(F)F)cs1. The molecule has 1 N–H and O–H groups in total. The molecule has 0 unspecified atom stereocenters. The van der Waals surface area contributed by atoms with Crippen molar-refractivity contribution in [2.75, 3.05) is 5.32 Å². The number of nitrogens with zero attached hydrogens (tertiary/aromatic N) is 1. The minimum absolute atomic E-state index is 0.00535. The Balaban J connectivity index is 2.70. The van der Waals surface area contributed by atoms with Gasteiger partial charge in [-0.25, -0.2) is 4.98 Å². The van der Waals surface area contributed by atoms with Crippen molar-refractivity contribution < 1.29 is 18.0 Å². The van der Waals surface area contributed by atoms with Gasteiger partial charge in [0.05, 0.1) is 0 Å². The average Bonchev–Trinajstić information content (AvgIpc) is 2.67. The number of carbonyl (C=O) groups excluding carboxylic acids is 1. The third kappa shape index (κ3) is 3.69. The van der Waals surface area contributed by atoms with Gasteiger partial charge < -0.3 is 5.32 Å². The van der Waals surface area contributed by atoms with Crippen LogP contribution in [-0.4, -0.2) is 10.9 Å². The third-order valence-corrected chi connectivity index (χ3v) is 3.14. The van der Waals surface area contributed by atoms with E-state index in [9.17, 15) is 18.0 Å². The fourth-order valence-corrected chi connectivity index (χ4v) is 2.05. The molecule has 0 spiro atoms. The molecule has 0 saturated carbocycles. The zero-order valence-corrected chi connectivity index (χ0v) is 10.3. The van der Waals surface area contributed by atoms with E-state index in [1.54, 1.807) is 0 Å². The fraction of sp³-hybridized carbons (Fsp3) is 0.600. The number of carbonyl (C=O) groups is 1. The van der Waals surface area contributed by atoms with Crippen molar-refractivity contribution in [1.82, 2.24) is 4.98 Å². The predicted molar refractivity (Wildman–Crippen MR) is 59.8 cm³/mol. The van der Waals surface area contributed by atoms with E-state index in [4.69, 9.17) is 0 Å². The van der Waals surface area contributed by atoms with E-state index in [1.807, 2.05) is 13.8 Å². The Kier molecular flexibility index (Phi) is 4.50. The molecule has 0 aliphatic rings. The predicted octanol–water partition coefficient (Wildman–Crippen LogP) is 3.54. The van der Waals surface area contributed by atoms with E-state index in [0.717, 1.165) is 16.7 Å². The molecule has 96 valence electrons. The molecule has 17 heavy (non-hydrogen) atoms. The summed E-state index contributed by atoms with van der Waals surface area (Å²) in [5.74, 6) is -0.466. The number of nitrogens with one attached hydrogen (secondary N) is 1. The summed E-state index contributed by atoms with van der Waals surface area (Å²) in [6, 6.07) is 0. The van der Waals surface area contributed by atoms with Gasteiger partial charge in [0.2, 0.25) is 5.91 Å². The topological polar surface area (TPSA) is 42.0 Å². The summed E-state index contributed by atoms with van der Waals surface area (Å²) in [6.45, 7) is 3.72. The number of hydrogen-bond acceptors (Lipinski definition) is 3. The number of halogens is 3. The monoisotopic (exact) mass is 266 g/mol. The average molecular weight is 266 g/mol. The Bertz CT molecular complexity index is 385. The normalized spacial score (nSPS) is 11.9. The Morgan fingerprint density at radius 3 is 2.47 bits per heavy atom. The quantitative estimate of drug-likeness (QED) is 0.905. The first kappa shape index (κ1) is 14.0. The molecule has 0 saturated heterocycles. The number of thiazole rings is 1. The standard InChI is InChI=1S/C10H13F3N2OS/c1-3-6(4-2)8(16)15-9-14-7(5-17-9)10(11,12)13/h5-6H,3-4H2,1-2H3,(H,14,15,16). The highest BCUT2D eigenvalue weighted by molar-refractivity contribution is 7.13. The molecule has 0 bridgehead atoms. The molecule has 0 atom stereocenters. The molecule has 1 aromatic heterocycles. The van der Waals surface area contributed by atoms with Gasteiger partial charge in [-0.05, 0) is 12.8 Å². The summed E-state index contributed by atoms with van der Waals surface area (Å²) in [5.41, 5.74) is -0.970. The molecule has 3 nitrogen and oxygen atoms in total. The molecule has 0 aliphatic heterocycles. The van der Waals surface area contributed by atoms with Crippen LogP contribution < -0.4 is 5.32 Å². The molecule has 0 aromatic carbocycles. The van der Waals surface area contributed by atoms with Crippen molar-refractivity contribution in [2.45, 2.75) is 32.9 Å². The Morgan fingerprint density at radius 1 is 1.47 bits per heavy atom. The second-order valence-electron chi connectivity index (χ2n) is 3.54. The van der Waals surface area contributed by atoms with Crippen molar-refractivity contribution in [3.63, 3.8) is 0 Å². The van der Waals surface area contributed by atoms with Gasteiger partial charge in [-0.15, -0.1) is 11.3 Å². The number of rotatable bonds is 4. The van der Waals surface area contributed by atoms with Crippen molar-refractivity contribution in [3.05, 3.63) is 11.1 Å². The van der Waals surface area contributed by atoms with Gasteiger partial charge in [0, 0.05) is 11.3 Å². The lowest BCUT2D eigenvalue weighted by Gasteiger charge is -2.10. The molecular formula is C10H13F3N2OS. The maximum absolute atomic E-state index is 12.3. The van der Waals surface area contributed by atoms with Gasteiger partial charge in [0.15, 0.2) is 10.8 Å². The third-order valence-electron chi connectivity index (χ3n) is 2.38. The van der Waals surface area contributed by atoms with Crippen molar-refractivity contribution in [1.29, 1.82) is 0 Å².